The maximum absolute atomic E-state index is 11.4. The zero-order chi connectivity index (χ0) is 13.2. The first-order valence-electron chi connectivity index (χ1n) is 6.28. The van der Waals surface area contributed by atoms with Crippen LogP contribution in [0.4, 0.5) is 0 Å². The van der Waals surface area contributed by atoms with Crippen molar-refractivity contribution in [2.24, 2.45) is 0 Å². The van der Waals surface area contributed by atoms with Crippen LogP contribution in [0.25, 0.3) is 0 Å². The molecule has 0 saturated carbocycles. The average Bonchev–Trinajstić information content (AvgIpc) is 2.38. The summed E-state index contributed by atoms with van der Waals surface area (Å²) in [6.07, 6.45) is 1.14. The van der Waals surface area contributed by atoms with Crippen molar-refractivity contribution in [3.8, 4) is 0 Å². The van der Waals surface area contributed by atoms with Gasteiger partial charge in [-0.25, -0.2) is 0 Å². The highest BCUT2D eigenvalue weighted by Gasteiger charge is 2.06. The molecule has 0 bridgehead atoms. The topological polar surface area (TPSA) is 58.6 Å². The lowest BCUT2D eigenvalue weighted by Crippen LogP contribution is -2.34. The number of aliphatic hydroxyl groups excluding tert-OH is 1. The summed E-state index contributed by atoms with van der Waals surface area (Å²) in [5, 5.41) is 12.1. The van der Waals surface area contributed by atoms with Crippen molar-refractivity contribution in [2.75, 3.05) is 13.2 Å². The Kier molecular flexibility index (Phi) is 7.06. The van der Waals surface area contributed by atoms with Gasteiger partial charge in [0.25, 0.3) is 0 Å². The van der Waals surface area contributed by atoms with Crippen LogP contribution in [0.3, 0.4) is 0 Å². The molecule has 2 N–H and O–H groups in total. The molecule has 0 aliphatic heterocycles. The van der Waals surface area contributed by atoms with Gasteiger partial charge in [-0.15, -0.1) is 0 Å². The van der Waals surface area contributed by atoms with Crippen LogP contribution < -0.4 is 5.32 Å². The molecule has 4 nitrogen and oxygen atoms in total. The minimum absolute atomic E-state index is 0.0216. The number of ether oxygens (including phenoxy) is 1. The molecule has 100 valence electrons. The monoisotopic (exact) mass is 251 g/mol. The number of amides is 1. The van der Waals surface area contributed by atoms with Crippen LogP contribution in [0.2, 0.25) is 0 Å². The normalized spacial score (nSPS) is 12.1. The second kappa shape index (κ2) is 8.66. The predicted octanol–water partition coefficient (Wildman–Crippen LogP) is 1.48. The van der Waals surface area contributed by atoms with Gasteiger partial charge < -0.3 is 15.2 Å². The molecule has 0 aromatic heterocycles. The van der Waals surface area contributed by atoms with Crippen LogP contribution in [-0.2, 0) is 16.1 Å². The van der Waals surface area contributed by atoms with E-state index in [1.54, 1.807) is 0 Å². The smallest absolute Gasteiger partial charge is 0.246 e. The molecule has 0 saturated heterocycles. The highest BCUT2D eigenvalue weighted by atomic mass is 16.5. The zero-order valence-corrected chi connectivity index (χ0v) is 10.8. The largest absolute Gasteiger partial charge is 0.391 e. The van der Waals surface area contributed by atoms with Gasteiger partial charge in [0.2, 0.25) is 5.91 Å². The van der Waals surface area contributed by atoms with E-state index in [9.17, 15) is 9.90 Å². The first kappa shape index (κ1) is 14.7. The lowest BCUT2D eigenvalue weighted by molar-refractivity contribution is -0.126. The lowest BCUT2D eigenvalue weighted by atomic mass is 10.2. The summed E-state index contributed by atoms with van der Waals surface area (Å²) in [5.74, 6) is -0.193. The van der Waals surface area contributed by atoms with Crippen molar-refractivity contribution in [1.82, 2.24) is 5.32 Å². The van der Waals surface area contributed by atoms with Crippen molar-refractivity contribution in [3.05, 3.63) is 35.9 Å². The van der Waals surface area contributed by atoms with Gasteiger partial charge in [0.05, 0.1) is 12.7 Å². The third-order valence-electron chi connectivity index (χ3n) is 2.50. The summed E-state index contributed by atoms with van der Waals surface area (Å²) in [7, 11) is 0. The SMILES string of the molecule is CCCC(O)CNC(=O)COCc1ccccc1. The number of nitrogens with one attached hydrogen (secondary N) is 1. The first-order chi connectivity index (χ1) is 8.72. The number of benzene rings is 1. The average molecular weight is 251 g/mol. The summed E-state index contributed by atoms with van der Waals surface area (Å²) < 4.78 is 5.28. The Hall–Kier alpha value is -1.39. The summed E-state index contributed by atoms with van der Waals surface area (Å²) in [6, 6.07) is 9.69. The maximum Gasteiger partial charge on any atom is 0.246 e. The van der Waals surface area contributed by atoms with Crippen LogP contribution in [0.5, 0.6) is 0 Å². The van der Waals surface area contributed by atoms with E-state index in [4.69, 9.17) is 4.74 Å². The second-order valence-electron chi connectivity index (χ2n) is 4.22. The van der Waals surface area contributed by atoms with Crippen LogP contribution in [0.15, 0.2) is 30.3 Å². The molecule has 0 heterocycles. The van der Waals surface area contributed by atoms with Gasteiger partial charge in [-0.1, -0.05) is 43.7 Å². The van der Waals surface area contributed by atoms with E-state index in [-0.39, 0.29) is 12.5 Å². The summed E-state index contributed by atoms with van der Waals surface area (Å²) >= 11 is 0. The summed E-state index contributed by atoms with van der Waals surface area (Å²) in [5.41, 5.74) is 1.04. The Bertz CT molecular complexity index is 340. The highest BCUT2D eigenvalue weighted by Crippen LogP contribution is 2.00. The van der Waals surface area contributed by atoms with E-state index in [2.05, 4.69) is 5.32 Å². The molecular weight excluding hydrogens is 230 g/mol. The fourth-order valence-corrected chi connectivity index (χ4v) is 1.55. The third kappa shape index (κ3) is 6.37. The lowest BCUT2D eigenvalue weighted by Gasteiger charge is -2.10. The molecule has 18 heavy (non-hydrogen) atoms. The van der Waals surface area contributed by atoms with Crippen molar-refractivity contribution in [3.63, 3.8) is 0 Å². The van der Waals surface area contributed by atoms with Crippen LogP contribution >= 0.6 is 0 Å². The van der Waals surface area contributed by atoms with E-state index >= 15 is 0 Å². The Labute approximate surface area is 108 Å². The molecule has 1 atom stereocenters. The molecule has 0 radical (unpaired) electrons. The molecule has 0 aliphatic carbocycles. The number of hydrogen-bond acceptors (Lipinski definition) is 3. The Morgan fingerprint density at radius 3 is 2.78 bits per heavy atom. The second-order valence-corrected chi connectivity index (χ2v) is 4.22. The number of carbonyl (C=O) groups is 1. The predicted molar refractivity (Wildman–Crippen MR) is 70.0 cm³/mol. The zero-order valence-electron chi connectivity index (χ0n) is 10.8. The molecule has 1 amide bonds. The number of carbonyl (C=O) groups excluding carboxylic acids is 1. The summed E-state index contributed by atoms with van der Waals surface area (Å²) in [6.45, 7) is 2.73. The first-order valence-corrected chi connectivity index (χ1v) is 6.28. The van der Waals surface area contributed by atoms with Crippen molar-refractivity contribution < 1.29 is 14.6 Å². The minimum atomic E-state index is -0.465. The standard InChI is InChI=1S/C14H21NO3/c1-2-6-13(16)9-15-14(17)11-18-10-12-7-4-3-5-8-12/h3-5,7-8,13,16H,2,6,9-11H2,1H3,(H,15,17). The van der Waals surface area contributed by atoms with Crippen LogP contribution in [0, 0.1) is 0 Å². The summed E-state index contributed by atoms with van der Waals surface area (Å²) in [4.78, 5) is 11.4. The van der Waals surface area contributed by atoms with Crippen molar-refractivity contribution in [1.29, 1.82) is 0 Å². The van der Waals surface area contributed by atoms with Gasteiger partial charge >= 0.3 is 0 Å². The van der Waals surface area contributed by atoms with Crippen LogP contribution in [-0.4, -0.2) is 30.3 Å². The number of hydrogen-bond donors (Lipinski definition) is 2. The Balaban J connectivity index is 2.10. The minimum Gasteiger partial charge on any atom is -0.391 e. The molecule has 0 aliphatic rings. The molecule has 1 aromatic rings. The van der Waals surface area contributed by atoms with Crippen molar-refractivity contribution >= 4 is 5.91 Å². The molecule has 1 unspecified atom stereocenters. The number of aliphatic hydroxyl groups is 1. The molecule has 1 aromatic carbocycles. The maximum atomic E-state index is 11.4. The molecular formula is C14H21NO3. The number of rotatable bonds is 8. The molecule has 0 spiro atoms. The Morgan fingerprint density at radius 2 is 2.11 bits per heavy atom. The van der Waals surface area contributed by atoms with Crippen molar-refractivity contribution in [2.45, 2.75) is 32.5 Å². The van der Waals surface area contributed by atoms with Gasteiger partial charge in [0.1, 0.15) is 6.61 Å². The third-order valence-corrected chi connectivity index (χ3v) is 2.50. The van der Waals surface area contributed by atoms with E-state index in [1.807, 2.05) is 37.3 Å². The quantitative estimate of drug-likeness (QED) is 0.735. The Morgan fingerprint density at radius 1 is 1.39 bits per heavy atom. The van der Waals surface area contributed by atoms with Gasteiger partial charge in [-0.3, -0.25) is 4.79 Å². The van der Waals surface area contributed by atoms with Crippen LogP contribution in [0.1, 0.15) is 25.3 Å². The molecule has 0 fully saturated rings. The van der Waals surface area contributed by atoms with Gasteiger partial charge in [-0.05, 0) is 12.0 Å². The van der Waals surface area contributed by atoms with Gasteiger partial charge in [0.15, 0.2) is 0 Å². The highest BCUT2D eigenvalue weighted by molar-refractivity contribution is 5.77. The van der Waals surface area contributed by atoms with E-state index in [1.165, 1.54) is 0 Å². The fraction of sp³-hybridized carbons (Fsp3) is 0.500. The van der Waals surface area contributed by atoms with Gasteiger partial charge in [0, 0.05) is 6.54 Å². The molecule has 4 heteroatoms. The van der Waals surface area contributed by atoms with E-state index in [0.717, 1.165) is 12.0 Å². The fourth-order valence-electron chi connectivity index (χ4n) is 1.55. The van der Waals surface area contributed by atoms with E-state index in [0.29, 0.717) is 19.6 Å². The molecule has 1 rings (SSSR count). The van der Waals surface area contributed by atoms with Gasteiger partial charge in [-0.2, -0.15) is 0 Å². The van der Waals surface area contributed by atoms with E-state index < -0.39 is 6.10 Å².